The van der Waals surface area contributed by atoms with E-state index in [0.717, 1.165) is 4.90 Å². The van der Waals surface area contributed by atoms with Crippen LogP contribution in [0.4, 0.5) is 13.2 Å². The lowest BCUT2D eigenvalue weighted by atomic mass is 9.96. The van der Waals surface area contributed by atoms with Crippen molar-refractivity contribution in [2.75, 3.05) is 19.6 Å². The van der Waals surface area contributed by atoms with Crippen molar-refractivity contribution in [3.05, 3.63) is 35.4 Å². The van der Waals surface area contributed by atoms with E-state index < -0.39 is 35.8 Å². The lowest BCUT2D eigenvalue weighted by molar-refractivity contribution is -0.173. The van der Waals surface area contributed by atoms with E-state index >= 15 is 0 Å². The van der Waals surface area contributed by atoms with Crippen LogP contribution in [0.25, 0.3) is 0 Å². The normalized spacial score (nSPS) is 18.6. The fourth-order valence-corrected chi connectivity index (χ4v) is 3.63. The number of halogens is 3. The average Bonchev–Trinajstić information content (AvgIpc) is 2.95. The molecule has 0 saturated carbocycles. The number of nitrogens with one attached hydrogen (secondary N) is 1. The van der Waals surface area contributed by atoms with E-state index in [1.54, 1.807) is 12.1 Å². The SMILES string of the molecule is CC(C(=O)N1CCC(CNC(=O)C(F)(F)F)CC1)N1C(=O)c2ccccc2C1=O. The highest BCUT2D eigenvalue weighted by Gasteiger charge is 2.42. The van der Waals surface area contributed by atoms with E-state index in [0.29, 0.717) is 12.8 Å². The minimum atomic E-state index is -4.92. The first-order valence-corrected chi connectivity index (χ1v) is 9.22. The summed E-state index contributed by atoms with van der Waals surface area (Å²) >= 11 is 0. The Morgan fingerprint density at radius 2 is 1.62 bits per heavy atom. The summed E-state index contributed by atoms with van der Waals surface area (Å²) in [4.78, 5) is 51.2. The van der Waals surface area contributed by atoms with Crippen molar-refractivity contribution in [2.45, 2.75) is 32.0 Å². The molecule has 0 aromatic heterocycles. The van der Waals surface area contributed by atoms with Crippen molar-refractivity contribution in [1.29, 1.82) is 0 Å². The smallest absolute Gasteiger partial charge is 0.348 e. The number of carbonyl (C=O) groups is 4. The maximum atomic E-state index is 12.8. The van der Waals surface area contributed by atoms with Gasteiger partial charge in [-0.1, -0.05) is 12.1 Å². The Morgan fingerprint density at radius 3 is 2.10 bits per heavy atom. The molecule has 2 aliphatic heterocycles. The molecule has 0 aliphatic carbocycles. The van der Waals surface area contributed by atoms with Crippen LogP contribution >= 0.6 is 0 Å². The van der Waals surface area contributed by atoms with E-state index in [4.69, 9.17) is 0 Å². The number of rotatable bonds is 4. The zero-order chi connectivity index (χ0) is 21.3. The molecule has 1 N–H and O–H groups in total. The lowest BCUT2D eigenvalue weighted by Gasteiger charge is -2.35. The van der Waals surface area contributed by atoms with Gasteiger partial charge in [-0.15, -0.1) is 0 Å². The van der Waals surface area contributed by atoms with Crippen LogP contribution in [0.1, 0.15) is 40.5 Å². The highest BCUT2D eigenvalue weighted by atomic mass is 19.4. The van der Waals surface area contributed by atoms with Gasteiger partial charge in [-0.25, -0.2) is 0 Å². The average molecular weight is 411 g/mol. The number of imide groups is 1. The van der Waals surface area contributed by atoms with Crippen LogP contribution in [0.5, 0.6) is 0 Å². The Hall–Kier alpha value is -2.91. The van der Waals surface area contributed by atoms with Gasteiger partial charge in [0.2, 0.25) is 5.91 Å². The molecule has 2 heterocycles. The molecule has 0 bridgehead atoms. The topological polar surface area (TPSA) is 86.8 Å². The van der Waals surface area contributed by atoms with Gasteiger partial charge >= 0.3 is 12.1 Å². The molecule has 2 aliphatic rings. The minimum Gasteiger partial charge on any atom is -0.348 e. The van der Waals surface area contributed by atoms with Gasteiger partial charge in [0.05, 0.1) is 11.1 Å². The Labute approximate surface area is 164 Å². The van der Waals surface area contributed by atoms with Gasteiger partial charge in [0.25, 0.3) is 11.8 Å². The molecule has 3 rings (SSSR count). The molecule has 1 aromatic rings. The van der Waals surface area contributed by atoms with Gasteiger partial charge in [0, 0.05) is 19.6 Å². The van der Waals surface area contributed by atoms with E-state index in [-0.39, 0.29) is 36.7 Å². The zero-order valence-electron chi connectivity index (χ0n) is 15.7. The van der Waals surface area contributed by atoms with Crippen LogP contribution in [-0.2, 0) is 9.59 Å². The number of likely N-dealkylation sites (tertiary alicyclic amines) is 1. The molecular formula is C19H20F3N3O4. The second kappa shape index (κ2) is 7.84. The van der Waals surface area contributed by atoms with Crippen molar-refractivity contribution in [3.8, 4) is 0 Å². The number of nitrogens with zero attached hydrogens (tertiary/aromatic N) is 2. The quantitative estimate of drug-likeness (QED) is 0.763. The maximum absolute atomic E-state index is 12.8. The van der Waals surface area contributed by atoms with Gasteiger partial charge in [0.1, 0.15) is 6.04 Å². The maximum Gasteiger partial charge on any atom is 0.471 e. The van der Waals surface area contributed by atoms with Crippen molar-refractivity contribution >= 4 is 23.6 Å². The predicted octanol–water partition coefficient (Wildman–Crippen LogP) is 1.59. The molecule has 1 aromatic carbocycles. The van der Waals surface area contributed by atoms with E-state index in [2.05, 4.69) is 0 Å². The first-order valence-electron chi connectivity index (χ1n) is 9.22. The third-order valence-corrected chi connectivity index (χ3v) is 5.31. The highest BCUT2D eigenvalue weighted by Crippen LogP contribution is 2.26. The fraction of sp³-hybridized carbons (Fsp3) is 0.474. The Kier molecular flexibility index (Phi) is 5.63. The summed E-state index contributed by atoms with van der Waals surface area (Å²) in [5.74, 6) is -3.58. The second-order valence-corrected chi connectivity index (χ2v) is 7.18. The standard InChI is InChI=1S/C19H20F3N3O4/c1-11(25-16(27)13-4-2-3-5-14(13)17(25)28)15(26)24-8-6-12(7-9-24)10-23-18(29)19(20,21)22/h2-5,11-12H,6-10H2,1H3,(H,23,29). The summed E-state index contributed by atoms with van der Waals surface area (Å²) in [7, 11) is 0. The van der Waals surface area contributed by atoms with Gasteiger partial charge in [-0.05, 0) is 37.8 Å². The van der Waals surface area contributed by atoms with Crippen LogP contribution in [0.3, 0.4) is 0 Å². The molecule has 7 nitrogen and oxygen atoms in total. The van der Waals surface area contributed by atoms with Gasteiger partial charge in [-0.2, -0.15) is 13.2 Å². The molecule has 1 atom stereocenters. The molecular weight excluding hydrogens is 391 g/mol. The van der Waals surface area contributed by atoms with Crippen LogP contribution in [0.15, 0.2) is 24.3 Å². The molecule has 1 fully saturated rings. The lowest BCUT2D eigenvalue weighted by Crippen LogP contribution is -2.52. The number of fused-ring (bicyclic) bond motifs is 1. The van der Waals surface area contributed by atoms with Crippen molar-refractivity contribution in [2.24, 2.45) is 5.92 Å². The number of alkyl halides is 3. The minimum absolute atomic E-state index is 0.117. The summed E-state index contributed by atoms with van der Waals surface area (Å²) in [6.45, 7) is 1.92. The van der Waals surface area contributed by atoms with Crippen LogP contribution in [0.2, 0.25) is 0 Å². The van der Waals surface area contributed by atoms with Gasteiger partial charge < -0.3 is 10.2 Å². The zero-order valence-corrected chi connectivity index (χ0v) is 15.7. The molecule has 1 unspecified atom stereocenters. The Bertz CT molecular complexity index is 812. The largest absolute Gasteiger partial charge is 0.471 e. The van der Waals surface area contributed by atoms with Crippen LogP contribution < -0.4 is 5.32 Å². The summed E-state index contributed by atoms with van der Waals surface area (Å²) in [5.41, 5.74) is 0.521. The van der Waals surface area contributed by atoms with Crippen LogP contribution in [0, 0.1) is 5.92 Å². The Morgan fingerprint density at radius 1 is 1.10 bits per heavy atom. The summed E-state index contributed by atoms with van der Waals surface area (Å²) in [6.07, 6.45) is -4.09. The predicted molar refractivity (Wildman–Crippen MR) is 94.8 cm³/mol. The Balaban J connectivity index is 1.55. The number of piperidine rings is 1. The number of hydrogen-bond acceptors (Lipinski definition) is 4. The summed E-state index contributed by atoms with van der Waals surface area (Å²) in [6, 6.07) is 5.37. The molecule has 0 radical (unpaired) electrons. The highest BCUT2D eigenvalue weighted by molar-refractivity contribution is 6.22. The third-order valence-electron chi connectivity index (χ3n) is 5.31. The fourth-order valence-electron chi connectivity index (χ4n) is 3.63. The molecule has 4 amide bonds. The van der Waals surface area contributed by atoms with Gasteiger partial charge in [0.15, 0.2) is 0 Å². The van der Waals surface area contributed by atoms with E-state index in [9.17, 15) is 32.3 Å². The summed E-state index contributed by atoms with van der Waals surface area (Å²) < 4.78 is 36.7. The first kappa shape index (κ1) is 20.8. The summed E-state index contributed by atoms with van der Waals surface area (Å²) in [5, 5.41) is 1.86. The monoisotopic (exact) mass is 411 g/mol. The van der Waals surface area contributed by atoms with Gasteiger partial charge in [-0.3, -0.25) is 24.1 Å². The molecule has 10 heteroatoms. The molecule has 156 valence electrons. The number of hydrogen-bond donors (Lipinski definition) is 1. The molecule has 29 heavy (non-hydrogen) atoms. The van der Waals surface area contributed by atoms with Crippen molar-refractivity contribution in [1.82, 2.24) is 15.1 Å². The van der Waals surface area contributed by atoms with Crippen molar-refractivity contribution < 1.29 is 32.3 Å². The number of carbonyl (C=O) groups excluding carboxylic acids is 4. The first-order chi connectivity index (χ1) is 13.6. The molecule has 1 saturated heterocycles. The molecule has 0 spiro atoms. The third kappa shape index (κ3) is 4.10. The van der Waals surface area contributed by atoms with E-state index in [1.165, 1.54) is 24.0 Å². The van der Waals surface area contributed by atoms with E-state index in [1.807, 2.05) is 5.32 Å². The second-order valence-electron chi connectivity index (χ2n) is 7.18. The number of amides is 4. The number of benzene rings is 1. The van der Waals surface area contributed by atoms with Crippen molar-refractivity contribution in [3.63, 3.8) is 0 Å². The van der Waals surface area contributed by atoms with Crippen LogP contribution in [-0.4, -0.2) is 65.3 Å².